The average molecular weight is 370 g/mol. The quantitative estimate of drug-likeness (QED) is 0.769. The highest BCUT2D eigenvalue weighted by Gasteiger charge is 2.16. The molecular weight excluding hydrogens is 354 g/mol. The van der Waals surface area contributed by atoms with Gasteiger partial charge in [0, 0.05) is 17.3 Å². The number of nitrogens with one attached hydrogen (secondary N) is 1. The van der Waals surface area contributed by atoms with Crippen molar-refractivity contribution in [3.8, 4) is 0 Å². The van der Waals surface area contributed by atoms with Gasteiger partial charge in [0.15, 0.2) is 0 Å². The van der Waals surface area contributed by atoms with Crippen LogP contribution in [0.1, 0.15) is 12.0 Å². The van der Waals surface area contributed by atoms with Gasteiger partial charge in [-0.25, -0.2) is 21.6 Å². The van der Waals surface area contributed by atoms with Crippen molar-refractivity contribution >= 4 is 35.8 Å². The molecule has 1 aromatic rings. The Labute approximate surface area is 122 Å². The molecule has 0 heterocycles. The fraction of sp³-hybridized carbons (Fsp3) is 0.455. The Bertz CT molecular complexity index is 653. The molecule has 1 aromatic carbocycles. The molecular formula is C11H16BrNO4S2. The number of sulfonamides is 1. The molecule has 0 aromatic heterocycles. The predicted octanol–water partition coefficient (Wildman–Crippen LogP) is 1.47. The zero-order valence-corrected chi connectivity index (χ0v) is 13.9. The van der Waals surface area contributed by atoms with E-state index in [0.717, 1.165) is 6.26 Å². The Morgan fingerprint density at radius 2 is 1.84 bits per heavy atom. The van der Waals surface area contributed by atoms with Crippen molar-refractivity contribution in [3.63, 3.8) is 0 Å². The van der Waals surface area contributed by atoms with Gasteiger partial charge in [0.25, 0.3) is 0 Å². The maximum atomic E-state index is 12.0. The summed E-state index contributed by atoms with van der Waals surface area (Å²) in [4.78, 5) is 0.196. The van der Waals surface area contributed by atoms with Crippen LogP contribution in [0.5, 0.6) is 0 Å². The molecule has 1 N–H and O–H groups in total. The van der Waals surface area contributed by atoms with E-state index in [2.05, 4.69) is 20.7 Å². The first-order valence-electron chi connectivity index (χ1n) is 5.55. The van der Waals surface area contributed by atoms with Gasteiger partial charge in [0.2, 0.25) is 10.0 Å². The van der Waals surface area contributed by atoms with Gasteiger partial charge in [0.05, 0.1) is 10.6 Å². The molecule has 19 heavy (non-hydrogen) atoms. The van der Waals surface area contributed by atoms with Crippen LogP contribution >= 0.6 is 15.9 Å². The summed E-state index contributed by atoms with van der Waals surface area (Å²) in [6.07, 6.45) is 1.38. The highest BCUT2D eigenvalue weighted by molar-refractivity contribution is 9.10. The number of halogens is 1. The third-order valence-electron chi connectivity index (χ3n) is 2.42. The lowest BCUT2D eigenvalue weighted by Crippen LogP contribution is -2.26. The molecule has 0 radical (unpaired) electrons. The molecule has 5 nitrogen and oxygen atoms in total. The minimum Gasteiger partial charge on any atom is -0.229 e. The van der Waals surface area contributed by atoms with E-state index in [-0.39, 0.29) is 23.6 Å². The first-order chi connectivity index (χ1) is 8.62. The van der Waals surface area contributed by atoms with Crippen molar-refractivity contribution in [1.29, 1.82) is 0 Å². The summed E-state index contributed by atoms with van der Waals surface area (Å²) in [5, 5.41) is 0. The molecule has 0 atom stereocenters. The van der Waals surface area contributed by atoms with E-state index in [0.29, 0.717) is 10.0 Å². The lowest BCUT2D eigenvalue weighted by molar-refractivity contribution is 0.577. The van der Waals surface area contributed by atoms with Crippen LogP contribution in [0.4, 0.5) is 0 Å². The maximum Gasteiger partial charge on any atom is 0.240 e. The van der Waals surface area contributed by atoms with Crippen LogP contribution in [0, 0.1) is 6.92 Å². The molecule has 0 saturated heterocycles. The Balaban J connectivity index is 2.74. The highest BCUT2D eigenvalue weighted by Crippen LogP contribution is 2.20. The smallest absolute Gasteiger partial charge is 0.229 e. The van der Waals surface area contributed by atoms with Crippen molar-refractivity contribution in [2.24, 2.45) is 0 Å². The number of rotatable bonds is 6. The number of hydrogen-bond acceptors (Lipinski definition) is 4. The second-order valence-electron chi connectivity index (χ2n) is 4.29. The van der Waals surface area contributed by atoms with Crippen LogP contribution in [0.15, 0.2) is 27.6 Å². The molecule has 0 aliphatic heterocycles. The van der Waals surface area contributed by atoms with Crippen molar-refractivity contribution in [2.45, 2.75) is 18.2 Å². The molecule has 1 rings (SSSR count). The lowest BCUT2D eigenvalue weighted by Gasteiger charge is -2.09. The zero-order chi connectivity index (χ0) is 14.7. The molecule has 0 fully saturated rings. The van der Waals surface area contributed by atoms with Gasteiger partial charge in [-0.05, 0) is 31.0 Å². The van der Waals surface area contributed by atoms with E-state index >= 15 is 0 Å². The van der Waals surface area contributed by atoms with Gasteiger partial charge in [-0.15, -0.1) is 0 Å². The molecule has 0 unspecified atom stereocenters. The van der Waals surface area contributed by atoms with E-state index in [4.69, 9.17) is 0 Å². The standard InChI is InChI=1S/C11H16BrNO4S2/c1-9-4-5-10(12)8-11(9)19(16,17)13-6-3-7-18(2,14)15/h4-5,8,13H,3,6-7H2,1-2H3. The Kier molecular flexibility index (Phi) is 5.54. The third-order valence-corrected chi connectivity index (χ3v) is 5.55. The van der Waals surface area contributed by atoms with E-state index in [9.17, 15) is 16.8 Å². The van der Waals surface area contributed by atoms with Crippen LogP contribution in [0.25, 0.3) is 0 Å². The van der Waals surface area contributed by atoms with Gasteiger partial charge in [0.1, 0.15) is 9.84 Å². The van der Waals surface area contributed by atoms with E-state index in [1.807, 2.05) is 0 Å². The first-order valence-corrected chi connectivity index (χ1v) is 9.89. The Morgan fingerprint density at radius 1 is 1.21 bits per heavy atom. The lowest BCUT2D eigenvalue weighted by atomic mass is 10.2. The second kappa shape index (κ2) is 6.34. The van der Waals surface area contributed by atoms with Crippen LogP contribution in [0.3, 0.4) is 0 Å². The highest BCUT2D eigenvalue weighted by atomic mass is 79.9. The maximum absolute atomic E-state index is 12.0. The SMILES string of the molecule is Cc1ccc(Br)cc1S(=O)(=O)NCCCS(C)(=O)=O. The van der Waals surface area contributed by atoms with Crippen molar-refractivity contribution in [3.05, 3.63) is 28.2 Å². The molecule has 0 amide bonds. The van der Waals surface area contributed by atoms with Crippen LogP contribution < -0.4 is 4.72 Å². The van der Waals surface area contributed by atoms with Crippen molar-refractivity contribution < 1.29 is 16.8 Å². The van der Waals surface area contributed by atoms with Gasteiger partial charge in [-0.1, -0.05) is 22.0 Å². The van der Waals surface area contributed by atoms with Crippen molar-refractivity contribution in [2.75, 3.05) is 18.6 Å². The molecule has 0 saturated carbocycles. The predicted molar refractivity (Wildman–Crippen MR) is 78.4 cm³/mol. The second-order valence-corrected chi connectivity index (χ2v) is 9.20. The first kappa shape index (κ1) is 16.6. The number of aryl methyl sites for hydroxylation is 1. The summed E-state index contributed by atoms with van der Waals surface area (Å²) in [5.74, 6) is -0.0347. The monoisotopic (exact) mass is 369 g/mol. The fourth-order valence-electron chi connectivity index (χ4n) is 1.48. The molecule has 108 valence electrons. The molecule has 0 aliphatic carbocycles. The van der Waals surface area contributed by atoms with Gasteiger partial charge in [-0.3, -0.25) is 0 Å². The van der Waals surface area contributed by atoms with Crippen LogP contribution in [-0.4, -0.2) is 35.4 Å². The summed E-state index contributed by atoms with van der Waals surface area (Å²) in [6, 6.07) is 4.99. The van der Waals surface area contributed by atoms with E-state index in [1.54, 1.807) is 19.1 Å². The summed E-state index contributed by atoms with van der Waals surface area (Å²) in [5.41, 5.74) is 0.638. The topological polar surface area (TPSA) is 80.3 Å². The molecule has 0 spiro atoms. The average Bonchev–Trinajstić information content (AvgIpc) is 2.26. The van der Waals surface area contributed by atoms with Gasteiger partial charge < -0.3 is 0 Å². The molecule has 8 heteroatoms. The Hall–Kier alpha value is -0.440. The van der Waals surface area contributed by atoms with Crippen molar-refractivity contribution in [1.82, 2.24) is 4.72 Å². The van der Waals surface area contributed by atoms with Crippen LogP contribution in [0.2, 0.25) is 0 Å². The number of sulfone groups is 1. The minimum atomic E-state index is -3.61. The van der Waals surface area contributed by atoms with E-state index < -0.39 is 19.9 Å². The summed E-state index contributed by atoms with van der Waals surface area (Å²) >= 11 is 3.23. The zero-order valence-electron chi connectivity index (χ0n) is 10.7. The fourth-order valence-corrected chi connectivity index (χ4v) is 4.01. The third kappa shape index (κ3) is 5.60. The Morgan fingerprint density at radius 3 is 2.42 bits per heavy atom. The molecule has 0 bridgehead atoms. The number of benzene rings is 1. The number of hydrogen-bond donors (Lipinski definition) is 1. The normalized spacial score (nSPS) is 12.6. The summed E-state index contributed by atoms with van der Waals surface area (Å²) in [6.45, 7) is 1.80. The molecule has 0 aliphatic rings. The summed E-state index contributed by atoms with van der Waals surface area (Å²) < 4.78 is 49.1. The minimum absolute atomic E-state index is 0.0347. The summed E-state index contributed by atoms with van der Waals surface area (Å²) in [7, 11) is -6.67. The van der Waals surface area contributed by atoms with Crippen LogP contribution in [-0.2, 0) is 19.9 Å². The van der Waals surface area contributed by atoms with Gasteiger partial charge in [-0.2, -0.15) is 0 Å². The van der Waals surface area contributed by atoms with Gasteiger partial charge >= 0.3 is 0 Å². The largest absolute Gasteiger partial charge is 0.240 e. The van der Waals surface area contributed by atoms with E-state index in [1.165, 1.54) is 6.07 Å².